The zero-order chi connectivity index (χ0) is 17.3. The highest BCUT2D eigenvalue weighted by molar-refractivity contribution is 6.31. The van der Waals surface area contributed by atoms with E-state index in [0.717, 1.165) is 6.07 Å². The van der Waals surface area contributed by atoms with E-state index in [0.29, 0.717) is 0 Å². The highest BCUT2D eigenvalue weighted by Gasteiger charge is 2.42. The Balaban J connectivity index is 2.36. The summed E-state index contributed by atoms with van der Waals surface area (Å²) >= 11 is 5.71. The summed E-state index contributed by atoms with van der Waals surface area (Å²) in [7, 11) is 0. The maximum Gasteiger partial charge on any atom is 0.281 e. The van der Waals surface area contributed by atoms with Crippen molar-refractivity contribution in [3.05, 3.63) is 38.9 Å². The van der Waals surface area contributed by atoms with E-state index >= 15 is 0 Å². The average Bonchev–Trinajstić information content (AvgIpc) is 2.45. The van der Waals surface area contributed by atoms with E-state index in [2.05, 4.69) is 0 Å². The third kappa shape index (κ3) is 3.47. The van der Waals surface area contributed by atoms with Crippen molar-refractivity contribution in [1.29, 1.82) is 0 Å². The maximum atomic E-state index is 12.5. The number of nitro groups is 1. The first-order valence-electron chi connectivity index (χ1n) is 7.26. The van der Waals surface area contributed by atoms with Crippen LogP contribution >= 0.6 is 11.6 Å². The summed E-state index contributed by atoms with van der Waals surface area (Å²) in [5, 5.41) is 11.2. The van der Waals surface area contributed by atoms with Gasteiger partial charge in [0.1, 0.15) is 5.92 Å². The van der Waals surface area contributed by atoms with Crippen LogP contribution in [0, 0.1) is 27.9 Å². The average molecular weight is 338 g/mol. The molecule has 122 valence electrons. The van der Waals surface area contributed by atoms with Crippen molar-refractivity contribution in [3.63, 3.8) is 0 Å². The highest BCUT2D eigenvalue weighted by Crippen LogP contribution is 2.33. The molecule has 6 nitrogen and oxygen atoms in total. The number of carbonyl (C=O) groups excluding carboxylic acids is 3. The molecule has 0 bridgehead atoms. The lowest BCUT2D eigenvalue weighted by Gasteiger charge is -2.27. The largest absolute Gasteiger partial charge is 0.298 e. The summed E-state index contributed by atoms with van der Waals surface area (Å²) in [5.74, 6) is -3.11. The van der Waals surface area contributed by atoms with Gasteiger partial charge in [-0.3, -0.25) is 24.5 Å². The third-order valence-electron chi connectivity index (χ3n) is 4.20. The molecule has 0 aromatic heterocycles. The first kappa shape index (κ1) is 17.3. The van der Waals surface area contributed by atoms with E-state index < -0.39 is 33.9 Å². The van der Waals surface area contributed by atoms with Crippen LogP contribution in [0.25, 0.3) is 0 Å². The fraction of sp³-hybridized carbons (Fsp3) is 0.438. The molecular weight excluding hydrogens is 322 g/mol. The first-order chi connectivity index (χ1) is 10.7. The number of carbonyl (C=O) groups is 3. The van der Waals surface area contributed by atoms with Gasteiger partial charge < -0.3 is 0 Å². The second-order valence-electron chi connectivity index (χ2n) is 6.06. The van der Waals surface area contributed by atoms with Gasteiger partial charge in [-0.25, -0.2) is 0 Å². The Bertz CT molecular complexity index is 680. The van der Waals surface area contributed by atoms with Crippen LogP contribution in [0.15, 0.2) is 18.2 Å². The molecule has 0 heterocycles. The van der Waals surface area contributed by atoms with Crippen molar-refractivity contribution >= 4 is 34.6 Å². The normalized spacial score (nSPS) is 21.6. The highest BCUT2D eigenvalue weighted by atomic mass is 35.5. The zero-order valence-electron chi connectivity index (χ0n) is 12.7. The molecule has 1 aromatic carbocycles. The smallest absolute Gasteiger partial charge is 0.281 e. The van der Waals surface area contributed by atoms with Crippen LogP contribution in [-0.2, 0) is 9.59 Å². The van der Waals surface area contributed by atoms with Crippen molar-refractivity contribution in [1.82, 2.24) is 0 Å². The number of nitrogens with zero attached hydrogens (tertiary/aromatic N) is 1. The number of halogens is 1. The Hall–Kier alpha value is -2.08. The van der Waals surface area contributed by atoms with E-state index in [1.807, 2.05) is 13.8 Å². The van der Waals surface area contributed by atoms with Crippen LogP contribution in [0.2, 0.25) is 5.02 Å². The molecule has 0 atom stereocenters. The Labute approximate surface area is 138 Å². The Morgan fingerprint density at radius 1 is 1.26 bits per heavy atom. The standard InChI is InChI=1S/C16H16ClNO5/c1-8(2)9-5-13(19)15(14(20)6-9)16(21)11-4-3-10(17)7-12(11)18(22)23/h3-4,7-9,15H,5-6H2,1-2H3. The lowest BCUT2D eigenvalue weighted by molar-refractivity contribution is -0.385. The third-order valence-corrected chi connectivity index (χ3v) is 4.43. The van der Waals surface area contributed by atoms with Gasteiger partial charge in [-0.05, 0) is 24.0 Å². The van der Waals surface area contributed by atoms with Gasteiger partial charge in [0, 0.05) is 23.9 Å². The van der Waals surface area contributed by atoms with Crippen LogP contribution < -0.4 is 0 Å². The van der Waals surface area contributed by atoms with E-state index in [1.165, 1.54) is 12.1 Å². The van der Waals surface area contributed by atoms with Gasteiger partial charge in [0.05, 0.1) is 10.5 Å². The van der Waals surface area contributed by atoms with E-state index in [9.17, 15) is 24.5 Å². The molecule has 0 aliphatic heterocycles. The topological polar surface area (TPSA) is 94.3 Å². The Kier molecular flexibility index (Phi) is 4.94. The van der Waals surface area contributed by atoms with Crippen LogP contribution in [0.5, 0.6) is 0 Å². The summed E-state index contributed by atoms with van der Waals surface area (Å²) in [5.41, 5.74) is -0.747. The van der Waals surface area contributed by atoms with E-state index in [4.69, 9.17) is 11.6 Å². The zero-order valence-corrected chi connectivity index (χ0v) is 13.5. The van der Waals surface area contributed by atoms with Crippen molar-refractivity contribution in [3.8, 4) is 0 Å². The number of benzene rings is 1. The number of Topliss-reactive ketones (excluding diaryl/α,β-unsaturated/α-hetero) is 3. The molecule has 1 aliphatic rings. The molecule has 2 rings (SSSR count). The molecule has 1 aromatic rings. The minimum atomic E-state index is -1.44. The molecule has 0 N–H and O–H groups in total. The summed E-state index contributed by atoms with van der Waals surface area (Å²) < 4.78 is 0. The van der Waals surface area contributed by atoms with Gasteiger partial charge in [0.2, 0.25) is 0 Å². The number of nitro benzene ring substituents is 1. The molecule has 1 aliphatic carbocycles. The van der Waals surface area contributed by atoms with Crippen molar-refractivity contribution < 1.29 is 19.3 Å². The molecule has 1 fully saturated rings. The van der Waals surface area contributed by atoms with Crippen molar-refractivity contribution in [2.75, 3.05) is 0 Å². The predicted octanol–water partition coefficient (Wildman–Crippen LogP) is 3.25. The summed E-state index contributed by atoms with van der Waals surface area (Å²) in [4.78, 5) is 47.4. The van der Waals surface area contributed by atoms with Crippen molar-refractivity contribution in [2.45, 2.75) is 26.7 Å². The second kappa shape index (κ2) is 6.58. The quantitative estimate of drug-likeness (QED) is 0.364. The van der Waals surface area contributed by atoms with Crippen LogP contribution in [0.4, 0.5) is 5.69 Å². The fourth-order valence-corrected chi connectivity index (χ4v) is 2.95. The molecular formula is C16H16ClNO5. The minimum absolute atomic E-state index is 0.0840. The van der Waals surface area contributed by atoms with Crippen LogP contribution in [0.1, 0.15) is 37.0 Å². The van der Waals surface area contributed by atoms with Gasteiger partial charge in [-0.2, -0.15) is 0 Å². The molecule has 0 radical (unpaired) electrons. The lowest BCUT2D eigenvalue weighted by Crippen LogP contribution is -2.40. The van der Waals surface area contributed by atoms with Crippen LogP contribution in [-0.4, -0.2) is 22.3 Å². The van der Waals surface area contributed by atoms with E-state index in [-0.39, 0.29) is 35.3 Å². The van der Waals surface area contributed by atoms with Crippen LogP contribution in [0.3, 0.4) is 0 Å². The maximum absolute atomic E-state index is 12.5. The second-order valence-corrected chi connectivity index (χ2v) is 6.50. The summed E-state index contributed by atoms with van der Waals surface area (Å²) in [6.07, 6.45) is 0.280. The SMILES string of the molecule is CC(C)C1CC(=O)C(C(=O)c2ccc(Cl)cc2[N+](=O)[O-])C(=O)C1. The molecule has 7 heteroatoms. The van der Waals surface area contributed by atoms with Gasteiger partial charge in [0.15, 0.2) is 17.3 Å². The molecule has 0 amide bonds. The number of hydrogen-bond acceptors (Lipinski definition) is 5. The van der Waals surface area contributed by atoms with E-state index in [1.54, 1.807) is 0 Å². The Morgan fingerprint density at radius 3 is 2.30 bits per heavy atom. The Morgan fingerprint density at radius 2 is 1.83 bits per heavy atom. The van der Waals surface area contributed by atoms with Gasteiger partial charge >= 0.3 is 0 Å². The number of ketones is 3. The van der Waals surface area contributed by atoms with Gasteiger partial charge in [0.25, 0.3) is 5.69 Å². The summed E-state index contributed by atoms with van der Waals surface area (Å²) in [6, 6.07) is 3.57. The molecule has 1 saturated carbocycles. The number of rotatable bonds is 4. The van der Waals surface area contributed by atoms with Crippen molar-refractivity contribution in [2.24, 2.45) is 17.8 Å². The fourth-order valence-electron chi connectivity index (χ4n) is 2.79. The van der Waals surface area contributed by atoms with Gasteiger partial charge in [-0.15, -0.1) is 0 Å². The minimum Gasteiger partial charge on any atom is -0.298 e. The number of hydrogen-bond donors (Lipinski definition) is 0. The van der Waals surface area contributed by atoms with Gasteiger partial charge in [-0.1, -0.05) is 25.4 Å². The molecule has 23 heavy (non-hydrogen) atoms. The monoisotopic (exact) mass is 337 g/mol. The lowest BCUT2D eigenvalue weighted by atomic mass is 9.73. The molecule has 0 spiro atoms. The molecule has 0 saturated heterocycles. The molecule has 0 unspecified atom stereocenters. The first-order valence-corrected chi connectivity index (χ1v) is 7.63. The predicted molar refractivity (Wildman–Crippen MR) is 83.5 cm³/mol. The summed E-state index contributed by atoms with van der Waals surface area (Å²) in [6.45, 7) is 3.83.